The summed E-state index contributed by atoms with van der Waals surface area (Å²) in [5, 5.41) is 17.4. The van der Waals surface area contributed by atoms with Gasteiger partial charge in [0.1, 0.15) is 11.9 Å². The third-order valence-corrected chi connectivity index (χ3v) is 3.90. The monoisotopic (exact) mass is 352 g/mol. The zero-order valence-electron chi connectivity index (χ0n) is 15.2. The molecule has 0 aliphatic carbocycles. The third-order valence-electron chi connectivity index (χ3n) is 3.90. The molecule has 6 nitrogen and oxygen atoms in total. The Morgan fingerprint density at radius 2 is 2.04 bits per heavy atom. The zero-order valence-corrected chi connectivity index (χ0v) is 15.2. The lowest BCUT2D eigenvalue weighted by molar-refractivity contribution is 0.0914. The number of para-hydroxylation sites is 1. The largest absolute Gasteiger partial charge is 0.373 e. The molecule has 0 radical (unpaired) electrons. The van der Waals surface area contributed by atoms with Crippen molar-refractivity contribution < 1.29 is 9.90 Å². The van der Waals surface area contributed by atoms with E-state index in [1.165, 1.54) is 0 Å². The van der Waals surface area contributed by atoms with Gasteiger partial charge < -0.3 is 20.7 Å². The van der Waals surface area contributed by atoms with E-state index in [0.717, 1.165) is 16.5 Å². The second kappa shape index (κ2) is 7.17. The van der Waals surface area contributed by atoms with Crippen molar-refractivity contribution in [3.05, 3.63) is 60.0 Å². The van der Waals surface area contributed by atoms with E-state index >= 15 is 0 Å². The van der Waals surface area contributed by atoms with Crippen LogP contribution in [0.2, 0.25) is 0 Å². The number of pyridine rings is 1. The number of carbonyl (C=O) groups excluding carboxylic acids is 1. The Hall–Kier alpha value is -2.86. The first-order chi connectivity index (χ1) is 12.3. The van der Waals surface area contributed by atoms with Crippen LogP contribution < -0.4 is 10.6 Å². The number of carbonyl (C=O) groups is 1. The number of nitrogens with zero attached hydrogens (tertiary/aromatic N) is 1. The maximum atomic E-state index is 12.2. The number of nitrogens with one attached hydrogen (secondary N) is 3. The van der Waals surface area contributed by atoms with Crippen molar-refractivity contribution in [2.24, 2.45) is 0 Å². The number of hydrogen-bond donors (Lipinski definition) is 4. The molecular weight excluding hydrogens is 328 g/mol. The molecule has 0 saturated heterocycles. The molecule has 6 heteroatoms. The summed E-state index contributed by atoms with van der Waals surface area (Å²) in [5.41, 5.74) is 2.69. The minimum absolute atomic E-state index is 0.243. The van der Waals surface area contributed by atoms with Gasteiger partial charge in [-0.2, -0.15) is 0 Å². The van der Waals surface area contributed by atoms with Crippen molar-refractivity contribution in [1.29, 1.82) is 0 Å². The molecule has 0 fully saturated rings. The summed E-state index contributed by atoms with van der Waals surface area (Å²) >= 11 is 0. The van der Waals surface area contributed by atoms with E-state index in [0.29, 0.717) is 17.8 Å². The lowest BCUT2D eigenvalue weighted by Crippen LogP contribution is -2.40. The Kier molecular flexibility index (Phi) is 4.95. The molecule has 0 bridgehead atoms. The van der Waals surface area contributed by atoms with E-state index in [9.17, 15) is 9.90 Å². The molecule has 1 atom stereocenters. The Balaban J connectivity index is 1.68. The number of aromatic amines is 1. The predicted octanol–water partition coefficient (Wildman–Crippen LogP) is 3.06. The Morgan fingerprint density at radius 3 is 2.81 bits per heavy atom. The number of anilines is 1. The molecule has 26 heavy (non-hydrogen) atoms. The molecule has 0 aliphatic heterocycles. The van der Waals surface area contributed by atoms with Gasteiger partial charge in [0.25, 0.3) is 5.91 Å². The smallest absolute Gasteiger partial charge is 0.270 e. The maximum absolute atomic E-state index is 12.2. The van der Waals surface area contributed by atoms with Crippen LogP contribution in [0.4, 0.5) is 5.69 Å². The number of H-pyrrole nitrogens is 1. The van der Waals surface area contributed by atoms with Crippen molar-refractivity contribution in [2.45, 2.75) is 39.0 Å². The minimum Gasteiger partial charge on any atom is -0.373 e. The first-order valence-electron chi connectivity index (χ1n) is 8.60. The molecule has 136 valence electrons. The van der Waals surface area contributed by atoms with Crippen molar-refractivity contribution in [1.82, 2.24) is 15.3 Å². The van der Waals surface area contributed by atoms with Gasteiger partial charge in [0.2, 0.25) is 0 Å². The highest BCUT2D eigenvalue weighted by molar-refractivity contribution is 5.93. The number of rotatable bonds is 5. The molecule has 3 rings (SSSR count). The first-order valence-corrected chi connectivity index (χ1v) is 8.60. The minimum atomic E-state index is -0.782. The average molecular weight is 352 g/mol. The van der Waals surface area contributed by atoms with Crippen LogP contribution in [-0.4, -0.2) is 32.7 Å². The number of aliphatic hydroxyl groups is 1. The molecule has 4 N–H and O–H groups in total. The predicted molar refractivity (Wildman–Crippen MR) is 103 cm³/mol. The van der Waals surface area contributed by atoms with Gasteiger partial charge in [-0.25, -0.2) is 0 Å². The van der Waals surface area contributed by atoms with Crippen LogP contribution in [0.5, 0.6) is 0 Å². The molecule has 2 aromatic heterocycles. The van der Waals surface area contributed by atoms with Gasteiger partial charge >= 0.3 is 0 Å². The van der Waals surface area contributed by atoms with Gasteiger partial charge in [0.05, 0.1) is 0 Å². The van der Waals surface area contributed by atoms with Crippen LogP contribution in [0.1, 0.15) is 36.8 Å². The van der Waals surface area contributed by atoms with E-state index in [-0.39, 0.29) is 11.4 Å². The number of aliphatic hydroxyl groups excluding tert-OH is 1. The number of benzene rings is 1. The van der Waals surface area contributed by atoms with Crippen LogP contribution in [0, 0.1) is 0 Å². The van der Waals surface area contributed by atoms with E-state index in [1.54, 1.807) is 18.3 Å². The molecule has 3 aromatic rings. The Labute approximate surface area is 152 Å². The van der Waals surface area contributed by atoms with Gasteiger partial charge in [0, 0.05) is 40.9 Å². The summed E-state index contributed by atoms with van der Waals surface area (Å²) in [6.45, 7) is 5.74. The molecule has 0 saturated carbocycles. The highest BCUT2D eigenvalue weighted by Crippen LogP contribution is 2.20. The second-order valence-electron chi connectivity index (χ2n) is 7.36. The van der Waals surface area contributed by atoms with Gasteiger partial charge in [-0.3, -0.25) is 9.78 Å². The Morgan fingerprint density at radius 1 is 1.27 bits per heavy atom. The molecule has 1 amide bonds. The molecule has 1 aromatic carbocycles. The fraction of sp³-hybridized carbons (Fsp3) is 0.300. The van der Waals surface area contributed by atoms with E-state index in [1.807, 2.05) is 51.2 Å². The highest BCUT2D eigenvalue weighted by atomic mass is 16.3. The normalized spacial score (nSPS) is 12.8. The average Bonchev–Trinajstić information content (AvgIpc) is 2.96. The van der Waals surface area contributed by atoms with E-state index < -0.39 is 6.23 Å². The van der Waals surface area contributed by atoms with Gasteiger partial charge in [-0.05, 0) is 44.5 Å². The van der Waals surface area contributed by atoms with Crippen LogP contribution in [0.25, 0.3) is 10.9 Å². The molecular formula is C20H24N4O2. The Bertz CT molecular complexity index is 911. The quantitative estimate of drug-likeness (QED) is 0.531. The fourth-order valence-corrected chi connectivity index (χ4v) is 2.80. The second-order valence-corrected chi connectivity index (χ2v) is 7.36. The fourth-order valence-electron chi connectivity index (χ4n) is 2.80. The summed E-state index contributed by atoms with van der Waals surface area (Å²) < 4.78 is 0. The standard InChI is InChI=1S/C20H24N4O2/c1-20(2,3)24-19(26)17-11-14(8-9-21-17)23-18(25)10-13-12-22-16-7-5-4-6-15(13)16/h4-9,11-12,18,22,25H,10H2,1-3H3,(H,21,23)(H,24,26). The van der Waals surface area contributed by atoms with Crippen molar-refractivity contribution in [3.63, 3.8) is 0 Å². The number of fused-ring (bicyclic) bond motifs is 1. The number of amides is 1. The van der Waals surface area contributed by atoms with Crippen LogP contribution >= 0.6 is 0 Å². The number of hydrogen-bond acceptors (Lipinski definition) is 4. The van der Waals surface area contributed by atoms with Gasteiger partial charge in [0.15, 0.2) is 0 Å². The first kappa shape index (κ1) is 17.9. The van der Waals surface area contributed by atoms with Crippen LogP contribution in [-0.2, 0) is 6.42 Å². The van der Waals surface area contributed by atoms with Gasteiger partial charge in [-0.1, -0.05) is 18.2 Å². The topological polar surface area (TPSA) is 90.0 Å². The molecule has 0 spiro atoms. The van der Waals surface area contributed by atoms with E-state index in [4.69, 9.17) is 0 Å². The van der Waals surface area contributed by atoms with Crippen molar-refractivity contribution in [3.8, 4) is 0 Å². The molecule has 2 heterocycles. The SMILES string of the molecule is CC(C)(C)NC(=O)c1cc(NC(O)Cc2c[nH]c3ccccc23)ccn1. The van der Waals surface area contributed by atoms with Crippen molar-refractivity contribution >= 4 is 22.5 Å². The maximum Gasteiger partial charge on any atom is 0.270 e. The highest BCUT2D eigenvalue weighted by Gasteiger charge is 2.17. The zero-order chi connectivity index (χ0) is 18.7. The van der Waals surface area contributed by atoms with Crippen molar-refractivity contribution in [2.75, 3.05) is 5.32 Å². The lowest BCUT2D eigenvalue weighted by atomic mass is 10.1. The summed E-state index contributed by atoms with van der Waals surface area (Å²) in [6, 6.07) is 11.3. The van der Waals surface area contributed by atoms with Gasteiger partial charge in [-0.15, -0.1) is 0 Å². The van der Waals surface area contributed by atoms with Crippen LogP contribution in [0.15, 0.2) is 48.8 Å². The third kappa shape index (κ3) is 4.40. The summed E-state index contributed by atoms with van der Waals surface area (Å²) in [7, 11) is 0. The van der Waals surface area contributed by atoms with E-state index in [2.05, 4.69) is 20.6 Å². The van der Waals surface area contributed by atoms with Crippen LogP contribution in [0.3, 0.4) is 0 Å². The molecule has 0 aliphatic rings. The lowest BCUT2D eigenvalue weighted by Gasteiger charge is -2.20. The number of aromatic nitrogens is 2. The summed E-state index contributed by atoms with van der Waals surface area (Å²) in [6.07, 6.45) is 3.12. The molecule has 1 unspecified atom stereocenters. The summed E-state index contributed by atoms with van der Waals surface area (Å²) in [4.78, 5) is 19.5. The summed E-state index contributed by atoms with van der Waals surface area (Å²) in [5.74, 6) is -0.243.